The first-order chi connectivity index (χ1) is 4.63. The summed E-state index contributed by atoms with van der Waals surface area (Å²) in [6, 6.07) is 0. The highest BCUT2D eigenvalue weighted by molar-refractivity contribution is 5.92. The Morgan fingerprint density at radius 3 is 2.10 bits per heavy atom. The SMILES string of the molecule is CC/C(C(N)=O)=C(\C)CN. The topological polar surface area (TPSA) is 69.1 Å². The lowest BCUT2D eigenvalue weighted by Crippen LogP contribution is -2.17. The van der Waals surface area contributed by atoms with Gasteiger partial charge in [0.05, 0.1) is 0 Å². The van der Waals surface area contributed by atoms with Crippen LogP contribution in [0.3, 0.4) is 0 Å². The standard InChI is InChI=1S/C7H14N2O/c1-3-6(7(9)10)5(2)4-8/h3-4,8H2,1-2H3,(H2,9,10)/b6-5-. The van der Waals surface area contributed by atoms with Crippen LogP contribution >= 0.6 is 0 Å². The lowest BCUT2D eigenvalue weighted by Gasteiger charge is -2.02. The van der Waals surface area contributed by atoms with Gasteiger partial charge in [-0.05, 0) is 13.3 Å². The quantitative estimate of drug-likeness (QED) is 0.551. The molecular weight excluding hydrogens is 128 g/mol. The van der Waals surface area contributed by atoms with Crippen molar-refractivity contribution in [3.8, 4) is 0 Å². The van der Waals surface area contributed by atoms with E-state index in [0.717, 1.165) is 5.57 Å². The summed E-state index contributed by atoms with van der Waals surface area (Å²) in [5.41, 5.74) is 11.9. The Bertz CT molecular complexity index is 161. The normalized spacial score (nSPS) is 12.7. The van der Waals surface area contributed by atoms with Crippen molar-refractivity contribution in [2.75, 3.05) is 6.54 Å². The number of carbonyl (C=O) groups excluding carboxylic acids is 1. The van der Waals surface area contributed by atoms with Crippen LogP contribution in [0, 0.1) is 0 Å². The Morgan fingerprint density at radius 1 is 1.50 bits per heavy atom. The minimum absolute atomic E-state index is 0.356. The summed E-state index contributed by atoms with van der Waals surface area (Å²) in [5.74, 6) is -0.356. The van der Waals surface area contributed by atoms with E-state index in [0.29, 0.717) is 18.5 Å². The Kier molecular flexibility index (Phi) is 3.72. The summed E-state index contributed by atoms with van der Waals surface area (Å²) in [5, 5.41) is 0. The van der Waals surface area contributed by atoms with Gasteiger partial charge in [0.2, 0.25) is 5.91 Å². The molecule has 0 aliphatic heterocycles. The molecule has 0 fully saturated rings. The molecule has 0 aliphatic carbocycles. The van der Waals surface area contributed by atoms with E-state index < -0.39 is 0 Å². The van der Waals surface area contributed by atoms with Crippen molar-refractivity contribution in [3.05, 3.63) is 11.1 Å². The number of amides is 1. The first-order valence-corrected chi connectivity index (χ1v) is 3.32. The molecule has 0 aromatic rings. The van der Waals surface area contributed by atoms with Crippen molar-refractivity contribution in [2.45, 2.75) is 20.3 Å². The van der Waals surface area contributed by atoms with Crippen molar-refractivity contribution in [1.82, 2.24) is 0 Å². The molecule has 0 aromatic heterocycles. The average molecular weight is 142 g/mol. The van der Waals surface area contributed by atoms with Gasteiger partial charge in [-0.2, -0.15) is 0 Å². The van der Waals surface area contributed by atoms with Crippen LogP contribution in [-0.2, 0) is 4.79 Å². The van der Waals surface area contributed by atoms with Crippen molar-refractivity contribution in [3.63, 3.8) is 0 Å². The average Bonchev–Trinajstić information content (AvgIpc) is 1.88. The zero-order chi connectivity index (χ0) is 8.15. The third-order valence-corrected chi connectivity index (χ3v) is 1.47. The summed E-state index contributed by atoms with van der Waals surface area (Å²) >= 11 is 0. The van der Waals surface area contributed by atoms with Crippen LogP contribution in [-0.4, -0.2) is 12.5 Å². The van der Waals surface area contributed by atoms with Gasteiger partial charge < -0.3 is 11.5 Å². The van der Waals surface area contributed by atoms with Crippen LogP contribution in [0.15, 0.2) is 11.1 Å². The maximum atomic E-state index is 10.6. The van der Waals surface area contributed by atoms with E-state index in [4.69, 9.17) is 11.5 Å². The van der Waals surface area contributed by atoms with Crippen LogP contribution < -0.4 is 11.5 Å². The van der Waals surface area contributed by atoms with Crippen molar-refractivity contribution in [2.24, 2.45) is 11.5 Å². The molecule has 10 heavy (non-hydrogen) atoms. The molecule has 0 bridgehead atoms. The summed E-state index contributed by atoms with van der Waals surface area (Å²) < 4.78 is 0. The second kappa shape index (κ2) is 4.06. The molecule has 0 unspecified atom stereocenters. The molecule has 3 heteroatoms. The molecule has 0 saturated carbocycles. The van der Waals surface area contributed by atoms with Gasteiger partial charge in [0, 0.05) is 12.1 Å². The lowest BCUT2D eigenvalue weighted by molar-refractivity contribution is -0.114. The second-order valence-electron chi connectivity index (χ2n) is 2.18. The number of hydrogen-bond acceptors (Lipinski definition) is 2. The van der Waals surface area contributed by atoms with Gasteiger partial charge in [-0.1, -0.05) is 12.5 Å². The number of primary amides is 1. The van der Waals surface area contributed by atoms with Crippen LogP contribution in [0.5, 0.6) is 0 Å². The lowest BCUT2D eigenvalue weighted by atomic mass is 10.1. The smallest absolute Gasteiger partial charge is 0.244 e. The predicted octanol–water partition coefficient (Wildman–Crippen LogP) is 0.157. The number of carbonyl (C=O) groups is 1. The molecule has 0 heterocycles. The highest BCUT2D eigenvalue weighted by atomic mass is 16.1. The molecule has 1 amide bonds. The van der Waals surface area contributed by atoms with Gasteiger partial charge in [0.25, 0.3) is 0 Å². The van der Waals surface area contributed by atoms with Crippen LogP contribution in [0.25, 0.3) is 0 Å². The molecule has 0 aromatic carbocycles. The fraction of sp³-hybridized carbons (Fsp3) is 0.571. The van der Waals surface area contributed by atoms with Crippen molar-refractivity contribution in [1.29, 1.82) is 0 Å². The molecule has 0 radical (unpaired) electrons. The first kappa shape index (κ1) is 9.17. The number of nitrogens with two attached hydrogens (primary N) is 2. The molecule has 0 spiro atoms. The van der Waals surface area contributed by atoms with Gasteiger partial charge >= 0.3 is 0 Å². The third-order valence-electron chi connectivity index (χ3n) is 1.47. The molecule has 0 saturated heterocycles. The van der Waals surface area contributed by atoms with E-state index in [1.54, 1.807) is 0 Å². The summed E-state index contributed by atoms with van der Waals surface area (Å²) in [6.45, 7) is 4.12. The van der Waals surface area contributed by atoms with Crippen LogP contribution in [0.1, 0.15) is 20.3 Å². The van der Waals surface area contributed by atoms with Crippen molar-refractivity contribution >= 4 is 5.91 Å². The zero-order valence-corrected chi connectivity index (χ0v) is 6.48. The Balaban J connectivity index is 4.45. The van der Waals surface area contributed by atoms with Gasteiger partial charge in [-0.3, -0.25) is 4.79 Å². The second-order valence-corrected chi connectivity index (χ2v) is 2.18. The Labute approximate surface area is 61.1 Å². The largest absolute Gasteiger partial charge is 0.366 e. The van der Waals surface area contributed by atoms with Crippen LogP contribution in [0.2, 0.25) is 0 Å². The summed E-state index contributed by atoms with van der Waals surface area (Å²) in [4.78, 5) is 10.6. The number of hydrogen-bond donors (Lipinski definition) is 2. The van der Waals surface area contributed by atoms with E-state index in [1.807, 2.05) is 13.8 Å². The van der Waals surface area contributed by atoms with Gasteiger partial charge in [0.1, 0.15) is 0 Å². The highest BCUT2D eigenvalue weighted by Crippen LogP contribution is 2.05. The molecule has 58 valence electrons. The molecule has 0 rings (SSSR count). The molecule has 3 nitrogen and oxygen atoms in total. The fourth-order valence-electron chi connectivity index (χ4n) is 0.810. The third kappa shape index (κ3) is 2.19. The molecule has 4 N–H and O–H groups in total. The summed E-state index contributed by atoms with van der Waals surface area (Å²) in [6.07, 6.45) is 0.665. The fourth-order valence-corrected chi connectivity index (χ4v) is 0.810. The summed E-state index contributed by atoms with van der Waals surface area (Å²) in [7, 11) is 0. The van der Waals surface area contributed by atoms with E-state index in [-0.39, 0.29) is 5.91 Å². The number of rotatable bonds is 3. The molecular formula is C7H14N2O. The van der Waals surface area contributed by atoms with Crippen molar-refractivity contribution < 1.29 is 4.79 Å². The maximum Gasteiger partial charge on any atom is 0.244 e. The molecule has 0 atom stereocenters. The minimum atomic E-state index is -0.356. The van der Waals surface area contributed by atoms with E-state index >= 15 is 0 Å². The zero-order valence-electron chi connectivity index (χ0n) is 6.48. The van der Waals surface area contributed by atoms with E-state index in [9.17, 15) is 4.79 Å². The van der Waals surface area contributed by atoms with E-state index in [2.05, 4.69) is 0 Å². The highest BCUT2D eigenvalue weighted by Gasteiger charge is 2.04. The molecule has 0 aliphatic rings. The van der Waals surface area contributed by atoms with Gasteiger partial charge in [-0.25, -0.2) is 0 Å². The maximum absolute atomic E-state index is 10.6. The van der Waals surface area contributed by atoms with E-state index in [1.165, 1.54) is 0 Å². The first-order valence-electron chi connectivity index (χ1n) is 3.32. The monoisotopic (exact) mass is 142 g/mol. The predicted molar refractivity (Wildman–Crippen MR) is 41.2 cm³/mol. The Hall–Kier alpha value is -0.830. The minimum Gasteiger partial charge on any atom is -0.366 e. The van der Waals surface area contributed by atoms with Gasteiger partial charge in [0.15, 0.2) is 0 Å². The van der Waals surface area contributed by atoms with Gasteiger partial charge in [-0.15, -0.1) is 0 Å². The Morgan fingerprint density at radius 2 is 2.00 bits per heavy atom. The van der Waals surface area contributed by atoms with Crippen LogP contribution in [0.4, 0.5) is 0 Å².